The summed E-state index contributed by atoms with van der Waals surface area (Å²) in [5, 5.41) is 8.66. The average Bonchev–Trinajstić information content (AvgIpc) is 1.97. The van der Waals surface area contributed by atoms with Gasteiger partial charge < -0.3 is 0 Å². The highest BCUT2D eigenvalue weighted by atomic mass is 32.1. The molecule has 0 saturated carbocycles. The van der Waals surface area contributed by atoms with E-state index in [1.54, 1.807) is 0 Å². The largest absolute Gasteiger partial charge is 0.192 e. The fourth-order valence-electron chi connectivity index (χ4n) is 0.921. The predicted molar refractivity (Wildman–Crippen MR) is 47.9 cm³/mol. The van der Waals surface area contributed by atoms with Crippen LogP contribution in [0.4, 0.5) is 0 Å². The molecule has 0 bridgehead atoms. The number of aryl methyl sites for hydroxylation is 2. The summed E-state index contributed by atoms with van der Waals surface area (Å²) in [6.07, 6.45) is 0. The van der Waals surface area contributed by atoms with Crippen molar-refractivity contribution in [3.05, 3.63) is 28.8 Å². The molecule has 1 aromatic rings. The van der Waals surface area contributed by atoms with Crippen LogP contribution in [-0.2, 0) is 0 Å². The minimum atomic E-state index is 0.736. The van der Waals surface area contributed by atoms with Crippen molar-refractivity contribution in [1.82, 2.24) is 0 Å². The molecule has 0 aromatic heterocycles. The Labute approximate surface area is 72.1 Å². The fraction of sp³-hybridized carbons (Fsp3) is 0.222. The molecule has 0 aliphatic carbocycles. The summed E-state index contributed by atoms with van der Waals surface area (Å²) < 4.78 is 0. The first-order valence-corrected chi connectivity index (χ1v) is 3.80. The van der Waals surface area contributed by atoms with Crippen LogP contribution in [0.3, 0.4) is 0 Å². The Morgan fingerprint density at radius 2 is 1.91 bits per heavy atom. The smallest absolute Gasteiger partial charge is 0.0994 e. The number of hydrogen-bond donors (Lipinski definition) is 1. The van der Waals surface area contributed by atoms with E-state index in [1.807, 2.05) is 26.0 Å². The highest BCUT2D eigenvalue weighted by molar-refractivity contribution is 7.80. The van der Waals surface area contributed by atoms with Gasteiger partial charge in [-0.15, -0.1) is 12.6 Å². The first-order valence-electron chi connectivity index (χ1n) is 3.35. The summed E-state index contributed by atoms with van der Waals surface area (Å²) in [5.74, 6) is 0. The molecule has 0 N–H and O–H groups in total. The molecule has 0 amide bonds. The van der Waals surface area contributed by atoms with E-state index in [2.05, 4.69) is 18.7 Å². The lowest BCUT2D eigenvalue weighted by atomic mass is 10.1. The third kappa shape index (κ3) is 1.55. The van der Waals surface area contributed by atoms with Crippen LogP contribution in [0.5, 0.6) is 0 Å². The minimum absolute atomic E-state index is 0.736. The third-order valence-electron chi connectivity index (χ3n) is 1.66. The van der Waals surface area contributed by atoms with Crippen LogP contribution in [-0.4, -0.2) is 0 Å². The van der Waals surface area contributed by atoms with Crippen molar-refractivity contribution >= 4 is 12.6 Å². The Balaban J connectivity index is 3.35. The molecule has 11 heavy (non-hydrogen) atoms. The van der Waals surface area contributed by atoms with Gasteiger partial charge in [-0.2, -0.15) is 5.26 Å². The molecule has 1 aromatic carbocycles. The molecule has 0 spiro atoms. The lowest BCUT2D eigenvalue weighted by Gasteiger charge is -2.01. The highest BCUT2D eigenvalue weighted by Gasteiger charge is 1.99. The zero-order valence-corrected chi connectivity index (χ0v) is 7.44. The molecule has 2 heteroatoms. The van der Waals surface area contributed by atoms with Crippen LogP contribution < -0.4 is 0 Å². The van der Waals surface area contributed by atoms with Crippen molar-refractivity contribution in [3.8, 4) is 6.07 Å². The van der Waals surface area contributed by atoms with E-state index in [4.69, 9.17) is 5.26 Å². The molecule has 56 valence electrons. The van der Waals surface area contributed by atoms with Crippen LogP contribution in [0.15, 0.2) is 17.0 Å². The van der Waals surface area contributed by atoms with Gasteiger partial charge in [-0.25, -0.2) is 0 Å². The quantitative estimate of drug-likeness (QED) is 0.583. The van der Waals surface area contributed by atoms with E-state index in [9.17, 15) is 0 Å². The zero-order valence-electron chi connectivity index (χ0n) is 6.55. The van der Waals surface area contributed by atoms with E-state index in [1.165, 1.54) is 0 Å². The van der Waals surface area contributed by atoms with Gasteiger partial charge in [0.1, 0.15) is 0 Å². The predicted octanol–water partition coefficient (Wildman–Crippen LogP) is 2.46. The van der Waals surface area contributed by atoms with Crippen molar-refractivity contribution < 1.29 is 0 Å². The Kier molecular flexibility index (Phi) is 2.21. The molecular weight excluding hydrogens is 154 g/mol. The standard InChI is InChI=1S/C9H9NS/c1-6-4-9(11)7(2)3-8(6)5-10/h3-4,11H,1-2H3. The molecule has 0 heterocycles. The highest BCUT2D eigenvalue weighted by Crippen LogP contribution is 2.17. The maximum absolute atomic E-state index is 8.66. The maximum atomic E-state index is 8.66. The molecule has 0 saturated heterocycles. The van der Waals surface area contributed by atoms with Crippen LogP contribution in [0.1, 0.15) is 16.7 Å². The van der Waals surface area contributed by atoms with Gasteiger partial charge >= 0.3 is 0 Å². The molecule has 0 atom stereocenters. The summed E-state index contributed by atoms with van der Waals surface area (Å²) in [4.78, 5) is 0.946. The molecule has 0 aliphatic rings. The van der Waals surface area contributed by atoms with Crippen LogP contribution >= 0.6 is 12.6 Å². The second-order valence-electron chi connectivity index (χ2n) is 2.57. The van der Waals surface area contributed by atoms with E-state index in [0.717, 1.165) is 21.6 Å². The van der Waals surface area contributed by atoms with Crippen molar-refractivity contribution in [3.63, 3.8) is 0 Å². The molecule has 0 unspecified atom stereocenters. The number of rotatable bonds is 0. The van der Waals surface area contributed by atoms with Crippen molar-refractivity contribution in [2.24, 2.45) is 0 Å². The molecule has 0 fully saturated rings. The Morgan fingerprint density at radius 1 is 1.27 bits per heavy atom. The zero-order chi connectivity index (χ0) is 8.43. The number of nitriles is 1. The second-order valence-corrected chi connectivity index (χ2v) is 3.05. The van der Waals surface area contributed by atoms with Crippen LogP contribution in [0, 0.1) is 25.2 Å². The normalized spacial score (nSPS) is 9.27. The van der Waals surface area contributed by atoms with Gasteiger partial charge in [0, 0.05) is 4.90 Å². The topological polar surface area (TPSA) is 23.8 Å². The fourth-order valence-corrected chi connectivity index (χ4v) is 1.18. The monoisotopic (exact) mass is 163 g/mol. The maximum Gasteiger partial charge on any atom is 0.0994 e. The van der Waals surface area contributed by atoms with Gasteiger partial charge in [0.05, 0.1) is 11.6 Å². The number of thiol groups is 1. The van der Waals surface area contributed by atoms with E-state index in [-0.39, 0.29) is 0 Å². The van der Waals surface area contributed by atoms with Gasteiger partial charge in [-0.05, 0) is 37.1 Å². The molecule has 1 nitrogen and oxygen atoms in total. The lowest BCUT2D eigenvalue weighted by molar-refractivity contribution is 1.24. The van der Waals surface area contributed by atoms with Gasteiger partial charge in [-0.1, -0.05) is 0 Å². The Bertz CT molecular complexity index is 323. The third-order valence-corrected chi connectivity index (χ3v) is 2.15. The van der Waals surface area contributed by atoms with Gasteiger partial charge in [0.15, 0.2) is 0 Å². The molecule has 1 rings (SSSR count). The summed E-state index contributed by atoms with van der Waals surface area (Å²) in [6, 6.07) is 5.90. The summed E-state index contributed by atoms with van der Waals surface area (Å²) in [5.41, 5.74) is 2.78. The van der Waals surface area contributed by atoms with Crippen molar-refractivity contribution in [2.45, 2.75) is 18.7 Å². The Hall–Kier alpha value is -0.940. The first-order chi connectivity index (χ1) is 5.15. The van der Waals surface area contributed by atoms with Crippen molar-refractivity contribution in [1.29, 1.82) is 5.26 Å². The SMILES string of the molecule is Cc1cc(C#N)c(C)cc1S. The average molecular weight is 163 g/mol. The summed E-state index contributed by atoms with van der Waals surface area (Å²) >= 11 is 4.24. The van der Waals surface area contributed by atoms with Gasteiger partial charge in [-0.3, -0.25) is 0 Å². The van der Waals surface area contributed by atoms with Crippen molar-refractivity contribution in [2.75, 3.05) is 0 Å². The van der Waals surface area contributed by atoms with E-state index in [0.29, 0.717) is 0 Å². The van der Waals surface area contributed by atoms with E-state index >= 15 is 0 Å². The summed E-state index contributed by atoms with van der Waals surface area (Å²) in [6.45, 7) is 3.86. The molecule has 0 radical (unpaired) electrons. The van der Waals surface area contributed by atoms with Crippen LogP contribution in [0.25, 0.3) is 0 Å². The summed E-state index contributed by atoms with van der Waals surface area (Å²) in [7, 11) is 0. The molecule has 0 aliphatic heterocycles. The van der Waals surface area contributed by atoms with Gasteiger partial charge in [0.25, 0.3) is 0 Å². The number of benzene rings is 1. The van der Waals surface area contributed by atoms with E-state index < -0.39 is 0 Å². The lowest BCUT2D eigenvalue weighted by Crippen LogP contribution is -1.85. The van der Waals surface area contributed by atoms with Crippen LogP contribution in [0.2, 0.25) is 0 Å². The number of hydrogen-bond acceptors (Lipinski definition) is 2. The first kappa shape index (κ1) is 8.16. The second kappa shape index (κ2) is 2.98. The number of nitrogens with zero attached hydrogens (tertiary/aromatic N) is 1. The van der Waals surface area contributed by atoms with Gasteiger partial charge in [0.2, 0.25) is 0 Å². The minimum Gasteiger partial charge on any atom is -0.192 e. The molecular formula is C9H9NS. The Morgan fingerprint density at radius 3 is 2.45 bits per heavy atom.